The zero-order valence-electron chi connectivity index (χ0n) is 11.5. The number of amidine groups is 2. The molecule has 0 radical (unpaired) electrons. The first kappa shape index (κ1) is 12.8. The third-order valence-corrected chi connectivity index (χ3v) is 3.73. The van der Waals surface area contributed by atoms with Gasteiger partial charge in [-0.3, -0.25) is 15.1 Å². The molecule has 1 amide bonds. The van der Waals surface area contributed by atoms with Crippen molar-refractivity contribution in [2.24, 2.45) is 10.9 Å². The lowest BCUT2D eigenvalue weighted by molar-refractivity contribution is -0.121. The van der Waals surface area contributed by atoms with Crippen molar-refractivity contribution in [1.29, 1.82) is 5.41 Å². The van der Waals surface area contributed by atoms with Gasteiger partial charge in [0.25, 0.3) is 5.91 Å². The van der Waals surface area contributed by atoms with Crippen molar-refractivity contribution < 1.29 is 4.79 Å². The predicted octanol–water partition coefficient (Wildman–Crippen LogP) is 2.96. The highest BCUT2D eigenvalue weighted by atomic mass is 16.2. The van der Waals surface area contributed by atoms with Crippen molar-refractivity contribution in [3.63, 3.8) is 0 Å². The molecule has 1 unspecified atom stereocenters. The average Bonchev–Trinajstić information content (AvgIpc) is 2.44. The summed E-state index contributed by atoms with van der Waals surface area (Å²) in [6.07, 6.45) is 14.7. The van der Waals surface area contributed by atoms with Gasteiger partial charge in [0, 0.05) is 6.20 Å². The lowest BCUT2D eigenvalue weighted by Gasteiger charge is -2.27. The second-order valence-electron chi connectivity index (χ2n) is 5.32. The first-order valence-electron chi connectivity index (χ1n) is 6.89. The summed E-state index contributed by atoms with van der Waals surface area (Å²) in [5, 5.41) is 8.01. The van der Waals surface area contributed by atoms with Gasteiger partial charge in [-0.05, 0) is 49.8 Å². The minimum absolute atomic E-state index is 0.0788. The molecule has 0 saturated carbocycles. The molecule has 2 aliphatic heterocycles. The number of nitrogens with zero attached hydrogens (tertiary/aromatic N) is 2. The largest absolute Gasteiger partial charge is 0.282 e. The molecule has 0 aromatic carbocycles. The third kappa shape index (κ3) is 2.29. The third-order valence-electron chi connectivity index (χ3n) is 3.73. The molecule has 3 rings (SSSR count). The molecule has 0 spiro atoms. The molecular weight excluding hydrogens is 250 g/mol. The number of nitrogens with one attached hydrogen (secondary N) is 1. The smallest absolute Gasteiger partial charge is 0.267 e. The predicted molar refractivity (Wildman–Crippen MR) is 79.5 cm³/mol. The van der Waals surface area contributed by atoms with Crippen molar-refractivity contribution in [3.05, 3.63) is 47.7 Å². The summed E-state index contributed by atoms with van der Waals surface area (Å²) in [6, 6.07) is 0. The van der Waals surface area contributed by atoms with Crippen molar-refractivity contribution in [1.82, 2.24) is 4.90 Å². The Morgan fingerprint density at radius 1 is 1.45 bits per heavy atom. The van der Waals surface area contributed by atoms with Crippen LogP contribution in [0.2, 0.25) is 0 Å². The molecular formula is C16H17N3O. The fourth-order valence-electron chi connectivity index (χ4n) is 2.61. The molecule has 3 aliphatic rings. The van der Waals surface area contributed by atoms with Gasteiger partial charge in [-0.2, -0.15) is 0 Å². The average molecular weight is 267 g/mol. The Morgan fingerprint density at radius 3 is 3.05 bits per heavy atom. The number of hydrogen-bond acceptors (Lipinski definition) is 2. The maximum absolute atomic E-state index is 12.5. The lowest BCUT2D eigenvalue weighted by Crippen LogP contribution is -2.40. The molecule has 20 heavy (non-hydrogen) atoms. The minimum Gasteiger partial charge on any atom is -0.282 e. The van der Waals surface area contributed by atoms with E-state index in [9.17, 15) is 4.79 Å². The topological polar surface area (TPSA) is 56.5 Å². The Morgan fingerprint density at radius 2 is 2.30 bits per heavy atom. The van der Waals surface area contributed by atoms with Gasteiger partial charge >= 0.3 is 0 Å². The molecule has 4 nitrogen and oxygen atoms in total. The maximum Gasteiger partial charge on any atom is 0.267 e. The highest BCUT2D eigenvalue weighted by molar-refractivity contribution is 6.31. The van der Waals surface area contributed by atoms with Gasteiger partial charge in [0.1, 0.15) is 5.84 Å². The summed E-state index contributed by atoms with van der Waals surface area (Å²) in [4.78, 5) is 18.3. The number of carbonyl (C=O) groups is 1. The van der Waals surface area contributed by atoms with Crippen LogP contribution < -0.4 is 0 Å². The van der Waals surface area contributed by atoms with E-state index < -0.39 is 0 Å². The van der Waals surface area contributed by atoms with Crippen molar-refractivity contribution in [2.75, 3.05) is 0 Å². The number of amides is 1. The molecule has 0 fully saturated rings. The standard InChI is InChI=1S/C16H17N3O/c1-11-7-8-19-14(9-11)18-15(17)13(16(19)20)10-12-5-3-2-4-6-12/h2-3,7-10,12,17H,4-6H2,1H3/b13-10+,17-15?. The van der Waals surface area contributed by atoms with Crippen LogP contribution in [0.3, 0.4) is 0 Å². The molecule has 0 bridgehead atoms. The van der Waals surface area contributed by atoms with Crippen molar-refractivity contribution in [3.8, 4) is 0 Å². The summed E-state index contributed by atoms with van der Waals surface area (Å²) in [5.41, 5.74) is 1.46. The highest BCUT2D eigenvalue weighted by Gasteiger charge is 2.30. The van der Waals surface area contributed by atoms with Crippen LogP contribution >= 0.6 is 0 Å². The van der Waals surface area contributed by atoms with Crippen LogP contribution in [-0.4, -0.2) is 22.5 Å². The van der Waals surface area contributed by atoms with E-state index in [0.717, 1.165) is 24.8 Å². The Bertz CT molecular complexity index is 620. The first-order chi connectivity index (χ1) is 9.65. The summed E-state index contributed by atoms with van der Waals surface area (Å²) < 4.78 is 0. The second-order valence-corrected chi connectivity index (χ2v) is 5.32. The van der Waals surface area contributed by atoms with Gasteiger partial charge in [-0.1, -0.05) is 18.2 Å². The second kappa shape index (κ2) is 5.04. The molecule has 102 valence electrons. The number of fused-ring (bicyclic) bond motifs is 1. The number of aliphatic imine (C=N–C) groups is 1. The van der Waals surface area contributed by atoms with E-state index >= 15 is 0 Å². The maximum atomic E-state index is 12.5. The zero-order valence-corrected chi connectivity index (χ0v) is 11.5. The summed E-state index contributed by atoms with van der Waals surface area (Å²) in [6.45, 7) is 1.95. The van der Waals surface area contributed by atoms with E-state index in [1.165, 1.54) is 4.90 Å². The van der Waals surface area contributed by atoms with E-state index in [1.54, 1.807) is 6.20 Å². The number of carbonyl (C=O) groups excluding carboxylic acids is 1. The van der Waals surface area contributed by atoms with E-state index in [-0.39, 0.29) is 11.7 Å². The number of rotatable bonds is 1. The number of allylic oxidation sites excluding steroid dienone is 5. The molecule has 0 saturated heterocycles. The van der Waals surface area contributed by atoms with Crippen LogP contribution in [0.15, 0.2) is 52.7 Å². The van der Waals surface area contributed by atoms with Crippen LogP contribution in [0.25, 0.3) is 0 Å². The van der Waals surface area contributed by atoms with Crippen LogP contribution in [0.1, 0.15) is 26.2 Å². The van der Waals surface area contributed by atoms with Gasteiger partial charge in [0.05, 0.1) is 5.57 Å². The fraction of sp³-hybridized carbons (Fsp3) is 0.312. The summed E-state index contributed by atoms with van der Waals surface area (Å²) >= 11 is 0. The molecule has 1 N–H and O–H groups in total. The molecule has 0 aromatic heterocycles. The summed E-state index contributed by atoms with van der Waals surface area (Å²) in [5.74, 6) is 0.812. The van der Waals surface area contributed by atoms with Crippen molar-refractivity contribution >= 4 is 17.6 Å². The van der Waals surface area contributed by atoms with Gasteiger partial charge in [0.15, 0.2) is 5.84 Å². The number of hydrogen-bond donors (Lipinski definition) is 1. The van der Waals surface area contributed by atoms with Gasteiger partial charge in [-0.25, -0.2) is 4.99 Å². The Kier molecular flexibility index (Phi) is 3.22. The molecule has 1 aliphatic carbocycles. The molecule has 4 heteroatoms. The van der Waals surface area contributed by atoms with Crippen LogP contribution in [0.4, 0.5) is 0 Å². The quantitative estimate of drug-likeness (QED) is 0.576. The van der Waals surface area contributed by atoms with Crippen LogP contribution in [0, 0.1) is 11.3 Å². The normalized spacial score (nSPS) is 27.6. The molecule has 0 aromatic rings. The van der Waals surface area contributed by atoms with Gasteiger partial charge in [-0.15, -0.1) is 0 Å². The first-order valence-corrected chi connectivity index (χ1v) is 6.89. The SMILES string of the molecule is CC1=CC2=NC(=N)/C(=C\C3CC=CCC3)C(=O)N2C=C1. The van der Waals surface area contributed by atoms with E-state index in [0.29, 0.717) is 17.3 Å². The van der Waals surface area contributed by atoms with Crippen molar-refractivity contribution in [2.45, 2.75) is 26.2 Å². The molecule has 2 heterocycles. The Hall–Kier alpha value is -2.23. The zero-order chi connectivity index (χ0) is 14.1. The molecule has 1 atom stereocenters. The Balaban J connectivity index is 1.93. The van der Waals surface area contributed by atoms with E-state index in [2.05, 4.69) is 17.1 Å². The monoisotopic (exact) mass is 267 g/mol. The fourth-order valence-corrected chi connectivity index (χ4v) is 2.61. The van der Waals surface area contributed by atoms with Gasteiger partial charge in [0.2, 0.25) is 0 Å². The van der Waals surface area contributed by atoms with Crippen LogP contribution in [-0.2, 0) is 4.79 Å². The van der Waals surface area contributed by atoms with E-state index in [4.69, 9.17) is 5.41 Å². The summed E-state index contributed by atoms with van der Waals surface area (Å²) in [7, 11) is 0. The van der Waals surface area contributed by atoms with Gasteiger partial charge < -0.3 is 0 Å². The Labute approximate surface area is 118 Å². The minimum atomic E-state index is -0.144. The van der Waals surface area contributed by atoms with E-state index in [1.807, 2.05) is 25.2 Å². The lowest BCUT2D eigenvalue weighted by atomic mass is 9.91. The van der Waals surface area contributed by atoms with Crippen LogP contribution in [0.5, 0.6) is 0 Å². The highest BCUT2D eigenvalue weighted by Crippen LogP contribution is 2.25.